The first-order chi connectivity index (χ1) is 7.29. The van der Waals surface area contributed by atoms with Gasteiger partial charge in [0.25, 0.3) is 0 Å². The Hall–Kier alpha value is -1.43. The zero-order chi connectivity index (χ0) is 11.1. The van der Waals surface area contributed by atoms with E-state index < -0.39 is 0 Å². The van der Waals surface area contributed by atoms with Crippen LogP contribution in [0.5, 0.6) is 0 Å². The number of methoxy groups -OCH3 is 1. The molecule has 0 aliphatic carbocycles. The molecule has 1 aromatic heterocycles. The van der Waals surface area contributed by atoms with Gasteiger partial charge >= 0.3 is 0 Å². The standard InChI is InChI=1S/C9H16N4O2/c1-3-4-7(11-5-6-14-2)8-9(10)13-15-12-8/h3-6H2,1-2H3,(H2,10,13). The summed E-state index contributed by atoms with van der Waals surface area (Å²) in [5.41, 5.74) is 6.97. The summed E-state index contributed by atoms with van der Waals surface area (Å²) in [7, 11) is 1.64. The third kappa shape index (κ3) is 3.32. The minimum atomic E-state index is 0.291. The molecule has 0 saturated heterocycles. The SMILES string of the molecule is CCCC(=NCCOC)c1nonc1N. The molecule has 1 heterocycles. The van der Waals surface area contributed by atoms with E-state index in [1.165, 1.54) is 0 Å². The summed E-state index contributed by atoms with van der Waals surface area (Å²) in [6.45, 7) is 3.24. The molecule has 6 heteroatoms. The van der Waals surface area contributed by atoms with Crippen LogP contribution >= 0.6 is 0 Å². The molecule has 0 amide bonds. The lowest BCUT2D eigenvalue weighted by Gasteiger charge is -2.01. The van der Waals surface area contributed by atoms with Crippen molar-refractivity contribution in [3.8, 4) is 0 Å². The van der Waals surface area contributed by atoms with Crippen LogP contribution in [0, 0.1) is 0 Å². The summed E-state index contributed by atoms with van der Waals surface area (Å²) in [4.78, 5) is 4.36. The quantitative estimate of drug-likeness (QED) is 0.559. The molecule has 0 aliphatic rings. The summed E-state index contributed by atoms with van der Waals surface area (Å²) in [6.07, 6.45) is 1.78. The number of aromatic nitrogens is 2. The molecule has 2 N–H and O–H groups in total. The number of rotatable bonds is 6. The molecule has 15 heavy (non-hydrogen) atoms. The van der Waals surface area contributed by atoms with E-state index in [0.717, 1.165) is 18.6 Å². The minimum absolute atomic E-state index is 0.291. The molecule has 0 aromatic carbocycles. The zero-order valence-corrected chi connectivity index (χ0v) is 9.06. The van der Waals surface area contributed by atoms with Gasteiger partial charge in [-0.05, 0) is 16.7 Å². The Kier molecular flexibility index (Phi) is 4.76. The molecule has 0 bridgehead atoms. The fraction of sp³-hybridized carbons (Fsp3) is 0.667. The van der Waals surface area contributed by atoms with Gasteiger partial charge in [0, 0.05) is 7.11 Å². The van der Waals surface area contributed by atoms with E-state index in [1.54, 1.807) is 7.11 Å². The van der Waals surface area contributed by atoms with E-state index >= 15 is 0 Å². The molecule has 84 valence electrons. The molecule has 0 atom stereocenters. The molecular weight excluding hydrogens is 196 g/mol. The van der Waals surface area contributed by atoms with Crippen LogP contribution < -0.4 is 5.73 Å². The van der Waals surface area contributed by atoms with Crippen LogP contribution in [0.2, 0.25) is 0 Å². The monoisotopic (exact) mass is 212 g/mol. The minimum Gasteiger partial charge on any atom is -0.383 e. The summed E-state index contributed by atoms with van der Waals surface area (Å²) in [5.74, 6) is 0.291. The van der Waals surface area contributed by atoms with Gasteiger partial charge in [0.15, 0.2) is 11.5 Å². The lowest BCUT2D eigenvalue weighted by atomic mass is 10.1. The van der Waals surface area contributed by atoms with Crippen LogP contribution in [-0.4, -0.2) is 36.3 Å². The van der Waals surface area contributed by atoms with Gasteiger partial charge in [-0.15, -0.1) is 0 Å². The fourth-order valence-electron chi connectivity index (χ4n) is 1.18. The fourth-order valence-corrected chi connectivity index (χ4v) is 1.18. The molecule has 0 aliphatic heterocycles. The highest BCUT2D eigenvalue weighted by Gasteiger charge is 2.12. The normalized spacial score (nSPS) is 12.0. The summed E-state index contributed by atoms with van der Waals surface area (Å²) in [5, 5.41) is 7.26. The first kappa shape index (κ1) is 11.6. The predicted octanol–water partition coefficient (Wildman–Crippen LogP) is 0.887. The average molecular weight is 212 g/mol. The second kappa shape index (κ2) is 6.13. The van der Waals surface area contributed by atoms with E-state index in [1.807, 2.05) is 0 Å². The van der Waals surface area contributed by atoms with Gasteiger partial charge in [-0.2, -0.15) is 0 Å². The van der Waals surface area contributed by atoms with Crippen molar-refractivity contribution in [1.82, 2.24) is 10.3 Å². The molecule has 0 saturated carbocycles. The molecule has 0 unspecified atom stereocenters. The molecule has 6 nitrogen and oxygen atoms in total. The highest BCUT2D eigenvalue weighted by Crippen LogP contribution is 2.10. The van der Waals surface area contributed by atoms with Gasteiger partial charge in [0.1, 0.15) is 0 Å². The molecule has 0 spiro atoms. The van der Waals surface area contributed by atoms with Gasteiger partial charge in [-0.3, -0.25) is 4.99 Å². The maximum Gasteiger partial charge on any atom is 0.197 e. The van der Waals surface area contributed by atoms with Crippen LogP contribution in [0.15, 0.2) is 9.62 Å². The Morgan fingerprint density at radius 2 is 2.33 bits per heavy atom. The summed E-state index contributed by atoms with van der Waals surface area (Å²) < 4.78 is 9.46. The lowest BCUT2D eigenvalue weighted by Crippen LogP contribution is -2.07. The number of nitrogens with two attached hydrogens (primary N) is 1. The van der Waals surface area contributed by atoms with Crippen molar-refractivity contribution in [2.75, 3.05) is 26.0 Å². The van der Waals surface area contributed by atoms with Gasteiger partial charge in [-0.1, -0.05) is 13.3 Å². The number of hydrogen-bond donors (Lipinski definition) is 1. The second-order valence-electron chi connectivity index (χ2n) is 3.07. The van der Waals surface area contributed by atoms with Crippen LogP contribution in [0.1, 0.15) is 25.5 Å². The van der Waals surface area contributed by atoms with Gasteiger partial charge in [0.2, 0.25) is 0 Å². The highest BCUT2D eigenvalue weighted by molar-refractivity contribution is 6.02. The Morgan fingerprint density at radius 1 is 1.53 bits per heavy atom. The molecule has 0 fully saturated rings. The number of anilines is 1. The van der Waals surface area contributed by atoms with Gasteiger partial charge < -0.3 is 10.5 Å². The largest absolute Gasteiger partial charge is 0.383 e. The number of aliphatic imine (C=N–C) groups is 1. The molecule has 1 rings (SSSR count). The number of nitrogen functional groups attached to an aromatic ring is 1. The van der Waals surface area contributed by atoms with E-state index in [2.05, 4.69) is 26.9 Å². The van der Waals surface area contributed by atoms with Crippen molar-refractivity contribution in [2.45, 2.75) is 19.8 Å². The number of nitrogens with zero attached hydrogens (tertiary/aromatic N) is 3. The Balaban J connectivity index is 2.73. The third-order valence-electron chi connectivity index (χ3n) is 1.87. The van der Waals surface area contributed by atoms with E-state index in [9.17, 15) is 0 Å². The van der Waals surface area contributed by atoms with Gasteiger partial charge in [-0.25, -0.2) is 4.63 Å². The predicted molar refractivity (Wildman–Crippen MR) is 56.9 cm³/mol. The second-order valence-corrected chi connectivity index (χ2v) is 3.07. The van der Waals surface area contributed by atoms with Crippen LogP contribution in [-0.2, 0) is 4.74 Å². The topological polar surface area (TPSA) is 86.5 Å². The van der Waals surface area contributed by atoms with Crippen molar-refractivity contribution in [3.63, 3.8) is 0 Å². The van der Waals surface area contributed by atoms with Crippen molar-refractivity contribution in [3.05, 3.63) is 5.69 Å². The molecule has 0 radical (unpaired) electrons. The number of ether oxygens (including phenoxy) is 1. The van der Waals surface area contributed by atoms with Crippen molar-refractivity contribution in [2.24, 2.45) is 4.99 Å². The lowest BCUT2D eigenvalue weighted by molar-refractivity contribution is 0.208. The van der Waals surface area contributed by atoms with Crippen LogP contribution in [0.3, 0.4) is 0 Å². The first-order valence-electron chi connectivity index (χ1n) is 4.90. The average Bonchev–Trinajstić information content (AvgIpc) is 2.64. The Labute approximate surface area is 88.5 Å². The zero-order valence-electron chi connectivity index (χ0n) is 9.06. The van der Waals surface area contributed by atoms with Crippen LogP contribution in [0.4, 0.5) is 5.82 Å². The Morgan fingerprint density at radius 3 is 2.87 bits per heavy atom. The number of hydrogen-bond acceptors (Lipinski definition) is 6. The van der Waals surface area contributed by atoms with E-state index in [4.69, 9.17) is 10.5 Å². The Bertz CT molecular complexity index is 322. The van der Waals surface area contributed by atoms with Crippen LogP contribution in [0.25, 0.3) is 0 Å². The van der Waals surface area contributed by atoms with Crippen molar-refractivity contribution < 1.29 is 9.37 Å². The van der Waals surface area contributed by atoms with E-state index in [-0.39, 0.29) is 0 Å². The maximum absolute atomic E-state index is 5.60. The van der Waals surface area contributed by atoms with Crippen molar-refractivity contribution >= 4 is 11.5 Å². The van der Waals surface area contributed by atoms with E-state index in [0.29, 0.717) is 24.7 Å². The maximum atomic E-state index is 5.60. The van der Waals surface area contributed by atoms with Crippen molar-refractivity contribution in [1.29, 1.82) is 0 Å². The first-order valence-corrected chi connectivity index (χ1v) is 4.90. The smallest absolute Gasteiger partial charge is 0.197 e. The van der Waals surface area contributed by atoms with Gasteiger partial charge in [0.05, 0.1) is 18.9 Å². The highest BCUT2D eigenvalue weighted by atomic mass is 16.6. The third-order valence-corrected chi connectivity index (χ3v) is 1.87. The summed E-state index contributed by atoms with van der Waals surface area (Å²) in [6, 6.07) is 0. The molecule has 1 aromatic rings. The summed E-state index contributed by atoms with van der Waals surface area (Å²) >= 11 is 0. The molecular formula is C9H16N4O2.